The largest absolute Gasteiger partial charge is 0.481 e. The number of anilines is 1. The van der Waals surface area contributed by atoms with Gasteiger partial charge in [0.25, 0.3) is 0 Å². The molecular formula is C48H79N3O16P2. The van der Waals surface area contributed by atoms with E-state index in [0.29, 0.717) is 32.1 Å². The highest BCUT2D eigenvalue weighted by atomic mass is 31.3. The van der Waals surface area contributed by atoms with Crippen molar-refractivity contribution < 1.29 is 71.4 Å². The number of hydrogen-bond acceptors (Lipinski definition) is 16. The SMILES string of the molecule is CCCCC/C=C\C[C@H](O)/C=C/C=C\C/C=C\CCCC(=O)O[C@H](COC(=O)CCCCCCC/C=C\CCCCCC)COP(=O)(O)OP(=O)(O)OC[C@H]1O[C@@H](n2ccc(N)nc2=O)[C@H](O)[C@@H]1O. The summed E-state index contributed by atoms with van der Waals surface area (Å²) >= 11 is 0. The van der Waals surface area contributed by atoms with Gasteiger partial charge in [-0.3, -0.25) is 23.2 Å². The summed E-state index contributed by atoms with van der Waals surface area (Å²) in [5.41, 5.74) is 4.57. The number of phosphoric ester groups is 2. The molecule has 0 spiro atoms. The molecule has 0 radical (unpaired) electrons. The summed E-state index contributed by atoms with van der Waals surface area (Å²) in [4.78, 5) is 61.8. The summed E-state index contributed by atoms with van der Waals surface area (Å²) in [6.45, 7) is 1.95. The maximum absolute atomic E-state index is 12.8. The standard InChI is InChI=1S/C48H79N3O16P2/c1-3-5-7-9-11-12-13-14-15-16-20-24-28-32-43(53)62-36-40(65-44(54)33-29-25-21-18-17-19-23-27-31-39(52)30-26-22-10-8-6-4-2)37-63-68(58,59)67-69(60,61)64-38-41-45(55)46(56)47(66-41)51-35-34-42(49)50-48(51)57/h12-13,18-19,21-23,26-27,31,34-35,39-41,45-47,52,55-56H,3-11,14-17,20,24-25,28-30,32-33,36-38H2,1-2H3,(H,58,59)(H,60,61)(H2,49,50,57)/b13-12-,21-18-,23-19-,26-22-,31-27+/t39-,40+,41+,45+,46+,47+/m0/s1. The van der Waals surface area contributed by atoms with Gasteiger partial charge in [-0.2, -0.15) is 9.29 Å². The summed E-state index contributed by atoms with van der Waals surface area (Å²) in [6.07, 6.45) is 30.5. The Morgan fingerprint density at radius 3 is 2.07 bits per heavy atom. The summed E-state index contributed by atoms with van der Waals surface area (Å²) < 4.78 is 56.6. The minimum atomic E-state index is -5.45. The highest BCUT2D eigenvalue weighted by Crippen LogP contribution is 2.60. The van der Waals surface area contributed by atoms with Gasteiger partial charge in [0, 0.05) is 19.0 Å². The number of carbonyl (C=O) groups is 2. The van der Waals surface area contributed by atoms with Gasteiger partial charge in [-0.05, 0) is 76.7 Å². The average molecular weight is 1020 g/mol. The number of esters is 2. The molecule has 19 nitrogen and oxygen atoms in total. The van der Waals surface area contributed by atoms with Crippen LogP contribution in [0.1, 0.15) is 155 Å². The number of nitrogens with two attached hydrogens (primary N) is 1. The van der Waals surface area contributed by atoms with Gasteiger partial charge < -0.3 is 45.1 Å². The first-order chi connectivity index (χ1) is 33.1. The zero-order valence-electron chi connectivity index (χ0n) is 40.5. The maximum atomic E-state index is 12.8. The number of unbranched alkanes of at least 4 members (excludes halogenated alkanes) is 13. The Morgan fingerprint density at radius 2 is 1.36 bits per heavy atom. The number of aliphatic hydroxyl groups excluding tert-OH is 3. The van der Waals surface area contributed by atoms with E-state index in [9.17, 15) is 48.6 Å². The number of phosphoric acid groups is 2. The highest BCUT2D eigenvalue weighted by Gasteiger charge is 2.46. The number of nitrogen functional groups attached to an aromatic ring is 1. The van der Waals surface area contributed by atoms with Crippen molar-refractivity contribution in [2.75, 3.05) is 25.6 Å². The van der Waals surface area contributed by atoms with Gasteiger partial charge in [-0.15, -0.1) is 0 Å². The Hall–Kier alpha value is -3.58. The number of allylic oxidation sites excluding steroid dienone is 8. The molecule has 2 unspecified atom stereocenters. The van der Waals surface area contributed by atoms with Crippen molar-refractivity contribution in [2.45, 2.75) is 185 Å². The molecule has 0 saturated carbocycles. The molecule has 2 rings (SSSR count). The molecular weight excluding hydrogens is 936 g/mol. The first-order valence-electron chi connectivity index (χ1n) is 24.4. The van der Waals surface area contributed by atoms with Crippen LogP contribution in [0.5, 0.6) is 0 Å². The second kappa shape index (κ2) is 36.4. The normalized spacial score (nSPS) is 20.3. The number of hydrogen-bond donors (Lipinski definition) is 6. The second-order valence-corrected chi connectivity index (χ2v) is 19.8. The van der Waals surface area contributed by atoms with E-state index in [1.807, 2.05) is 30.4 Å². The molecule has 1 saturated heterocycles. The summed E-state index contributed by atoms with van der Waals surface area (Å²) in [7, 11) is -10.9. The van der Waals surface area contributed by atoms with Crippen LogP contribution in [0.4, 0.5) is 5.82 Å². The van der Waals surface area contributed by atoms with E-state index in [-0.39, 0.29) is 18.7 Å². The lowest BCUT2D eigenvalue weighted by molar-refractivity contribution is -0.161. The maximum Gasteiger partial charge on any atom is 0.481 e. The molecule has 1 fully saturated rings. The van der Waals surface area contributed by atoms with E-state index in [4.69, 9.17) is 29.0 Å². The molecule has 0 aliphatic carbocycles. The Labute approximate surface area is 407 Å². The molecule has 1 aromatic rings. The van der Waals surface area contributed by atoms with Gasteiger partial charge in [-0.1, -0.05) is 126 Å². The minimum Gasteiger partial charge on any atom is -0.462 e. The average Bonchev–Trinajstić information content (AvgIpc) is 3.58. The van der Waals surface area contributed by atoms with Crippen LogP contribution >= 0.6 is 15.6 Å². The molecule has 392 valence electrons. The van der Waals surface area contributed by atoms with Gasteiger partial charge in [0.15, 0.2) is 12.3 Å². The molecule has 8 atom stereocenters. The van der Waals surface area contributed by atoms with Gasteiger partial charge in [-0.25, -0.2) is 13.9 Å². The van der Waals surface area contributed by atoms with E-state index in [1.54, 1.807) is 12.2 Å². The zero-order chi connectivity index (χ0) is 50.8. The number of ether oxygens (including phenoxy) is 3. The van der Waals surface area contributed by atoms with Gasteiger partial charge in [0.2, 0.25) is 0 Å². The highest BCUT2D eigenvalue weighted by molar-refractivity contribution is 7.61. The molecule has 0 aromatic carbocycles. The van der Waals surface area contributed by atoms with Crippen LogP contribution in [0.2, 0.25) is 0 Å². The molecule has 1 aliphatic heterocycles. The van der Waals surface area contributed by atoms with Crippen molar-refractivity contribution in [2.24, 2.45) is 0 Å². The summed E-state index contributed by atoms with van der Waals surface area (Å²) in [5, 5.41) is 31.0. The van der Waals surface area contributed by atoms with Crippen molar-refractivity contribution >= 4 is 33.4 Å². The van der Waals surface area contributed by atoms with E-state index in [1.165, 1.54) is 44.6 Å². The second-order valence-electron chi connectivity index (χ2n) is 16.8. The van der Waals surface area contributed by atoms with Crippen molar-refractivity contribution in [3.8, 4) is 0 Å². The Bertz CT molecular complexity index is 1910. The molecule has 1 aliphatic rings. The fourth-order valence-corrected chi connectivity index (χ4v) is 8.91. The Kier molecular flexibility index (Phi) is 32.4. The van der Waals surface area contributed by atoms with Crippen LogP contribution in [0.25, 0.3) is 0 Å². The predicted molar refractivity (Wildman–Crippen MR) is 262 cm³/mol. The van der Waals surface area contributed by atoms with E-state index in [2.05, 4.69) is 41.4 Å². The van der Waals surface area contributed by atoms with Crippen molar-refractivity contribution in [1.29, 1.82) is 0 Å². The summed E-state index contributed by atoms with van der Waals surface area (Å²) in [6, 6.07) is 1.24. The van der Waals surface area contributed by atoms with Crippen LogP contribution in [0.3, 0.4) is 0 Å². The molecule has 1 aromatic heterocycles. The first-order valence-corrected chi connectivity index (χ1v) is 27.4. The minimum absolute atomic E-state index is 0.0614. The summed E-state index contributed by atoms with van der Waals surface area (Å²) in [5.74, 6) is -1.42. The fourth-order valence-electron chi connectivity index (χ4n) is 6.79. The van der Waals surface area contributed by atoms with Crippen LogP contribution in [0.15, 0.2) is 77.8 Å². The number of aromatic nitrogens is 2. The van der Waals surface area contributed by atoms with E-state index >= 15 is 0 Å². The van der Waals surface area contributed by atoms with Gasteiger partial charge in [0.1, 0.15) is 30.7 Å². The van der Waals surface area contributed by atoms with E-state index < -0.39 is 89.8 Å². The third-order valence-corrected chi connectivity index (χ3v) is 13.3. The van der Waals surface area contributed by atoms with Crippen molar-refractivity contribution in [3.63, 3.8) is 0 Å². The lowest BCUT2D eigenvalue weighted by atomic mass is 10.1. The Balaban J connectivity index is 1.87. The number of nitrogens with zero attached hydrogens (tertiary/aromatic N) is 2. The lowest BCUT2D eigenvalue weighted by Crippen LogP contribution is -2.36. The quantitative estimate of drug-likeness (QED) is 0.0118. The molecule has 69 heavy (non-hydrogen) atoms. The van der Waals surface area contributed by atoms with E-state index in [0.717, 1.165) is 62.1 Å². The number of rotatable bonds is 39. The molecule has 0 amide bonds. The lowest BCUT2D eigenvalue weighted by Gasteiger charge is -2.21. The van der Waals surface area contributed by atoms with Crippen molar-refractivity contribution in [3.05, 3.63) is 83.5 Å². The van der Waals surface area contributed by atoms with Crippen LogP contribution < -0.4 is 11.4 Å². The van der Waals surface area contributed by atoms with Gasteiger partial charge in [0.05, 0.1) is 19.3 Å². The predicted octanol–water partition coefficient (Wildman–Crippen LogP) is 8.52. The molecule has 7 N–H and O–H groups in total. The van der Waals surface area contributed by atoms with Crippen LogP contribution in [0, 0.1) is 0 Å². The number of aliphatic hydroxyl groups is 3. The molecule has 0 bridgehead atoms. The first kappa shape index (κ1) is 61.5. The Morgan fingerprint density at radius 1 is 0.768 bits per heavy atom. The smallest absolute Gasteiger partial charge is 0.462 e. The number of carbonyl (C=O) groups excluding carboxylic acids is 2. The monoisotopic (exact) mass is 1020 g/mol. The third kappa shape index (κ3) is 29.4. The third-order valence-electron chi connectivity index (χ3n) is 10.7. The van der Waals surface area contributed by atoms with Gasteiger partial charge >= 0.3 is 33.3 Å². The topological polar surface area (TPSA) is 286 Å². The van der Waals surface area contributed by atoms with Crippen LogP contribution in [-0.4, -0.2) is 96.9 Å². The molecule has 2 heterocycles. The van der Waals surface area contributed by atoms with Crippen LogP contribution in [-0.2, 0) is 46.3 Å². The molecule has 21 heteroatoms. The fraction of sp³-hybridized carbons (Fsp3) is 0.667. The van der Waals surface area contributed by atoms with Crippen molar-refractivity contribution in [1.82, 2.24) is 9.55 Å². The zero-order valence-corrected chi connectivity index (χ0v) is 42.2.